The van der Waals surface area contributed by atoms with E-state index in [1.807, 2.05) is 0 Å². The predicted octanol–water partition coefficient (Wildman–Crippen LogP) is 2.97. The number of amides is 2. The van der Waals surface area contributed by atoms with Crippen molar-refractivity contribution in [3.05, 3.63) is 23.6 Å². The van der Waals surface area contributed by atoms with Gasteiger partial charge in [-0.3, -0.25) is 9.69 Å². The highest BCUT2D eigenvalue weighted by Gasteiger charge is 2.58. The monoisotopic (exact) mass is 357 g/mol. The molecule has 0 aromatic carbocycles. The Hall–Kier alpha value is -2.32. The van der Waals surface area contributed by atoms with E-state index in [0.29, 0.717) is 6.07 Å². The second kappa shape index (κ2) is 5.34. The van der Waals surface area contributed by atoms with Gasteiger partial charge in [-0.15, -0.1) is 0 Å². The molecule has 0 unspecified atom stereocenters. The second-order valence-electron chi connectivity index (χ2n) is 7.38. The number of halogens is 3. The number of nitrogens with zero attached hydrogens (tertiary/aromatic N) is 3. The minimum atomic E-state index is -3.83. The smallest absolute Gasteiger partial charge is 0.407 e. The van der Waals surface area contributed by atoms with Crippen molar-refractivity contribution < 1.29 is 27.9 Å². The van der Waals surface area contributed by atoms with Gasteiger partial charge in [0.25, 0.3) is 0 Å². The SMILES string of the molecule is CC(C)(C)N(C(=O)O)[C@H]1C[C@H](N2C(=O)C(F)(F)c3cc(F)cnc32)C1. The summed E-state index contributed by atoms with van der Waals surface area (Å²) in [7, 11) is 0. The highest BCUT2D eigenvalue weighted by atomic mass is 19.3. The Kier molecular flexibility index (Phi) is 3.74. The molecule has 6 nitrogen and oxygen atoms in total. The molecule has 1 aromatic heterocycles. The fourth-order valence-corrected chi connectivity index (χ4v) is 3.53. The number of pyridine rings is 1. The summed E-state index contributed by atoms with van der Waals surface area (Å²) in [6.07, 6.45) is 0.137. The Morgan fingerprint density at radius 2 is 2.00 bits per heavy atom. The Morgan fingerprint density at radius 3 is 2.52 bits per heavy atom. The molecular formula is C16H18F3N3O3. The van der Waals surface area contributed by atoms with Crippen LogP contribution in [0.4, 0.5) is 23.8 Å². The molecule has 2 aliphatic rings. The third-order valence-corrected chi connectivity index (χ3v) is 4.63. The summed E-state index contributed by atoms with van der Waals surface area (Å²) in [5.74, 6) is -6.46. The van der Waals surface area contributed by atoms with Crippen LogP contribution in [0.3, 0.4) is 0 Å². The lowest BCUT2D eigenvalue weighted by Crippen LogP contribution is -2.61. The van der Waals surface area contributed by atoms with Gasteiger partial charge in [0.2, 0.25) is 0 Å². The number of alkyl halides is 2. The number of rotatable bonds is 2. The van der Waals surface area contributed by atoms with Crippen LogP contribution in [-0.2, 0) is 10.7 Å². The third kappa shape index (κ3) is 2.61. The molecule has 0 atom stereocenters. The average molecular weight is 357 g/mol. The molecule has 2 heterocycles. The van der Waals surface area contributed by atoms with E-state index in [2.05, 4.69) is 4.98 Å². The molecule has 0 saturated heterocycles. The zero-order chi connectivity index (χ0) is 18.7. The van der Waals surface area contributed by atoms with Crippen LogP contribution in [0.2, 0.25) is 0 Å². The van der Waals surface area contributed by atoms with Crippen LogP contribution in [0.15, 0.2) is 12.3 Å². The summed E-state index contributed by atoms with van der Waals surface area (Å²) in [6.45, 7) is 5.22. The highest BCUT2D eigenvalue weighted by Crippen LogP contribution is 2.47. The molecule has 1 aliphatic heterocycles. The van der Waals surface area contributed by atoms with Gasteiger partial charge < -0.3 is 10.0 Å². The fraction of sp³-hybridized carbons (Fsp3) is 0.562. The number of carboxylic acid groups (broad SMARTS) is 1. The van der Waals surface area contributed by atoms with Crippen LogP contribution < -0.4 is 4.90 Å². The van der Waals surface area contributed by atoms with Crippen LogP contribution in [0, 0.1) is 5.82 Å². The first-order valence-corrected chi connectivity index (χ1v) is 7.84. The molecule has 1 aliphatic carbocycles. The zero-order valence-corrected chi connectivity index (χ0v) is 14.0. The standard InChI is InChI=1S/C16H18F3N3O3/c1-15(2,3)22(14(24)25)10-5-9(6-10)21-12-11(4-8(17)7-20-12)16(18,19)13(21)23/h4,7,9-10H,5-6H2,1-3H3,(H,24,25)/t9-,10-. The number of hydrogen-bond acceptors (Lipinski definition) is 3. The molecule has 0 spiro atoms. The number of anilines is 1. The Balaban J connectivity index is 1.84. The first kappa shape index (κ1) is 17.5. The third-order valence-electron chi connectivity index (χ3n) is 4.63. The average Bonchev–Trinajstić information content (AvgIpc) is 2.60. The van der Waals surface area contributed by atoms with Crippen LogP contribution in [0.1, 0.15) is 39.2 Å². The number of fused-ring (bicyclic) bond motifs is 1. The van der Waals surface area contributed by atoms with Crippen molar-refractivity contribution in [2.24, 2.45) is 0 Å². The van der Waals surface area contributed by atoms with Gasteiger partial charge in [-0.25, -0.2) is 14.2 Å². The van der Waals surface area contributed by atoms with E-state index >= 15 is 0 Å². The number of hydrogen-bond donors (Lipinski definition) is 1. The Labute approximate surface area is 142 Å². The van der Waals surface area contributed by atoms with Gasteiger partial charge in [0.1, 0.15) is 11.6 Å². The fourth-order valence-electron chi connectivity index (χ4n) is 3.53. The number of carbonyl (C=O) groups is 2. The van der Waals surface area contributed by atoms with Crippen molar-refractivity contribution in [3.63, 3.8) is 0 Å². The zero-order valence-electron chi connectivity index (χ0n) is 14.0. The van der Waals surface area contributed by atoms with E-state index in [1.54, 1.807) is 20.8 Å². The first-order valence-electron chi connectivity index (χ1n) is 7.84. The molecule has 0 bridgehead atoms. The summed E-state index contributed by atoms with van der Waals surface area (Å²) < 4.78 is 41.6. The summed E-state index contributed by atoms with van der Waals surface area (Å²) in [4.78, 5) is 29.4. The van der Waals surface area contributed by atoms with Gasteiger partial charge in [-0.1, -0.05) is 0 Å². The van der Waals surface area contributed by atoms with Crippen molar-refractivity contribution in [1.29, 1.82) is 0 Å². The van der Waals surface area contributed by atoms with Crippen molar-refractivity contribution in [1.82, 2.24) is 9.88 Å². The van der Waals surface area contributed by atoms with E-state index in [-0.39, 0.29) is 24.7 Å². The molecule has 3 rings (SSSR count). The van der Waals surface area contributed by atoms with E-state index in [0.717, 1.165) is 11.1 Å². The molecule has 1 N–H and O–H groups in total. The van der Waals surface area contributed by atoms with Crippen LogP contribution >= 0.6 is 0 Å². The maximum absolute atomic E-state index is 14.2. The van der Waals surface area contributed by atoms with Gasteiger partial charge in [0.15, 0.2) is 0 Å². The minimum absolute atomic E-state index is 0.226. The summed E-state index contributed by atoms with van der Waals surface area (Å²) >= 11 is 0. The maximum Gasteiger partial charge on any atom is 0.407 e. The molecule has 25 heavy (non-hydrogen) atoms. The molecule has 1 aromatic rings. The normalized spacial score (nSPS) is 24.7. The van der Waals surface area contributed by atoms with Crippen molar-refractivity contribution in [3.8, 4) is 0 Å². The van der Waals surface area contributed by atoms with E-state index in [4.69, 9.17) is 0 Å². The minimum Gasteiger partial charge on any atom is -0.465 e. The lowest BCUT2D eigenvalue weighted by Gasteiger charge is -2.49. The maximum atomic E-state index is 14.2. The van der Waals surface area contributed by atoms with E-state index < -0.39 is 40.9 Å². The van der Waals surface area contributed by atoms with Gasteiger partial charge >= 0.3 is 17.9 Å². The summed E-state index contributed by atoms with van der Waals surface area (Å²) in [5.41, 5.74) is -1.40. The van der Waals surface area contributed by atoms with Gasteiger partial charge in [0, 0.05) is 17.6 Å². The number of carbonyl (C=O) groups excluding carboxylic acids is 1. The quantitative estimate of drug-likeness (QED) is 0.883. The molecule has 1 fully saturated rings. The van der Waals surface area contributed by atoms with Gasteiger partial charge in [0.05, 0.1) is 11.8 Å². The molecule has 2 amide bonds. The van der Waals surface area contributed by atoms with E-state index in [9.17, 15) is 27.9 Å². The lowest BCUT2D eigenvalue weighted by atomic mass is 9.82. The van der Waals surface area contributed by atoms with E-state index in [1.165, 1.54) is 4.90 Å². The molecule has 9 heteroatoms. The molecule has 136 valence electrons. The summed E-state index contributed by atoms with van der Waals surface area (Å²) in [6, 6.07) is -0.352. The Morgan fingerprint density at radius 1 is 1.40 bits per heavy atom. The van der Waals surface area contributed by atoms with Crippen LogP contribution in [0.25, 0.3) is 0 Å². The van der Waals surface area contributed by atoms with Gasteiger partial charge in [-0.05, 0) is 39.7 Å². The van der Waals surface area contributed by atoms with Crippen LogP contribution in [0.5, 0.6) is 0 Å². The summed E-state index contributed by atoms with van der Waals surface area (Å²) in [5, 5.41) is 9.39. The highest BCUT2D eigenvalue weighted by molar-refractivity contribution is 6.05. The largest absolute Gasteiger partial charge is 0.465 e. The molecule has 0 radical (unpaired) electrons. The number of aromatic nitrogens is 1. The molecule has 1 saturated carbocycles. The molecular weight excluding hydrogens is 339 g/mol. The predicted molar refractivity (Wildman–Crippen MR) is 82.0 cm³/mol. The first-order chi connectivity index (χ1) is 11.4. The second-order valence-corrected chi connectivity index (χ2v) is 7.38. The van der Waals surface area contributed by atoms with Gasteiger partial charge in [-0.2, -0.15) is 8.78 Å². The van der Waals surface area contributed by atoms with Crippen molar-refractivity contribution >= 4 is 17.8 Å². The van der Waals surface area contributed by atoms with Crippen LogP contribution in [-0.4, -0.2) is 44.6 Å². The topological polar surface area (TPSA) is 73.7 Å². The van der Waals surface area contributed by atoms with Crippen molar-refractivity contribution in [2.45, 2.75) is 57.2 Å². The van der Waals surface area contributed by atoms with Crippen molar-refractivity contribution in [2.75, 3.05) is 4.90 Å². The lowest BCUT2D eigenvalue weighted by molar-refractivity contribution is -0.142. The Bertz CT molecular complexity index is 742.